The number of rotatable bonds is 8. The van der Waals surface area contributed by atoms with E-state index in [9.17, 15) is 28.8 Å². The van der Waals surface area contributed by atoms with Gasteiger partial charge in [0, 0.05) is 45.7 Å². The van der Waals surface area contributed by atoms with E-state index in [2.05, 4.69) is 0 Å². The molecule has 3 aromatic rings. The second-order valence-electron chi connectivity index (χ2n) is 9.80. The fourth-order valence-corrected chi connectivity index (χ4v) is 4.67. The Morgan fingerprint density at radius 2 is 1.22 bits per heavy atom. The van der Waals surface area contributed by atoms with Crippen LogP contribution in [0.15, 0.2) is 66.7 Å². The molecule has 4 rings (SSSR count). The van der Waals surface area contributed by atoms with E-state index in [1.807, 2.05) is 0 Å². The molecule has 0 N–H and O–H groups in total. The zero-order valence-corrected chi connectivity index (χ0v) is 24.9. The molecule has 0 radical (unpaired) electrons. The Bertz CT molecular complexity index is 1680. The molecule has 45 heavy (non-hydrogen) atoms. The van der Waals surface area contributed by atoms with Crippen molar-refractivity contribution in [3.05, 3.63) is 83.4 Å². The summed E-state index contributed by atoms with van der Waals surface area (Å²) in [5, 5.41) is 0. The van der Waals surface area contributed by atoms with Crippen molar-refractivity contribution in [2.45, 2.75) is 52.6 Å². The van der Waals surface area contributed by atoms with Crippen LogP contribution in [0.3, 0.4) is 0 Å². The van der Waals surface area contributed by atoms with Crippen LogP contribution in [0, 0.1) is 0 Å². The average molecular weight is 621 g/mol. The maximum atomic E-state index is 13.7. The van der Waals surface area contributed by atoms with E-state index in [4.69, 9.17) is 33.2 Å². The van der Waals surface area contributed by atoms with Gasteiger partial charge in [-0.1, -0.05) is 18.2 Å². The van der Waals surface area contributed by atoms with Gasteiger partial charge in [-0.15, -0.1) is 0 Å². The summed E-state index contributed by atoms with van der Waals surface area (Å²) in [6.45, 7) is 5.57. The Kier molecular flexibility index (Phi) is 9.21. The summed E-state index contributed by atoms with van der Waals surface area (Å²) in [6, 6.07) is 15.5. The molecule has 0 aliphatic carbocycles. The van der Waals surface area contributed by atoms with Crippen LogP contribution in [-0.2, 0) is 50.4 Å². The van der Waals surface area contributed by atoms with Crippen molar-refractivity contribution in [3.63, 3.8) is 0 Å². The minimum Gasteiger partial charge on any atom is -0.442 e. The maximum absolute atomic E-state index is 13.7. The zero-order valence-electron chi connectivity index (χ0n) is 24.9. The lowest BCUT2D eigenvalue weighted by Crippen LogP contribution is -2.65. The van der Waals surface area contributed by atoms with Gasteiger partial charge in [0.25, 0.3) is 0 Å². The molecule has 2 atom stereocenters. The van der Waals surface area contributed by atoms with E-state index in [0.29, 0.717) is 5.56 Å². The van der Waals surface area contributed by atoms with Crippen LogP contribution in [0.1, 0.15) is 56.1 Å². The standard InChI is InChI=1S/C32H28O13/c1-18(33)39-26-13-10-23(11-14-26)30(38)45-31(42-21(4)36)17-24-8-6-7-9-27(24)44-32(31,43-22(5)37)25-12-15-28(40-19(2)34)29(16-25)41-20(3)35/h6-16H,17H2,1-5H3. The average Bonchev–Trinajstić information content (AvgIpc) is 2.93. The van der Waals surface area contributed by atoms with E-state index in [-0.39, 0.29) is 40.5 Å². The third-order valence-corrected chi connectivity index (χ3v) is 6.19. The summed E-state index contributed by atoms with van der Waals surface area (Å²) in [6.07, 6.45) is -0.373. The lowest BCUT2D eigenvalue weighted by atomic mass is 9.87. The highest BCUT2D eigenvalue weighted by atomic mass is 16.8. The molecule has 3 aromatic carbocycles. The predicted octanol–water partition coefficient (Wildman–Crippen LogP) is 3.93. The summed E-state index contributed by atoms with van der Waals surface area (Å²) in [4.78, 5) is 74.2. The van der Waals surface area contributed by atoms with Crippen LogP contribution in [0.2, 0.25) is 0 Å². The predicted molar refractivity (Wildman–Crippen MR) is 151 cm³/mol. The first-order chi connectivity index (χ1) is 21.2. The Morgan fingerprint density at radius 1 is 0.622 bits per heavy atom. The molecule has 0 bridgehead atoms. The number of ether oxygens (including phenoxy) is 7. The first kappa shape index (κ1) is 32.2. The molecule has 0 saturated heterocycles. The van der Waals surface area contributed by atoms with Gasteiger partial charge in [-0.25, -0.2) is 4.79 Å². The highest BCUT2D eigenvalue weighted by Gasteiger charge is 2.67. The topological polar surface area (TPSA) is 167 Å². The Labute approximate surface area is 256 Å². The largest absolute Gasteiger partial charge is 0.442 e. The zero-order chi connectivity index (χ0) is 32.9. The number of esters is 6. The molecule has 1 aliphatic rings. The molecule has 13 heteroatoms. The number of benzene rings is 3. The van der Waals surface area contributed by atoms with Gasteiger partial charge in [-0.05, 0) is 48.5 Å². The SMILES string of the molecule is CC(=O)Oc1ccc(C(=O)OC2(OC(C)=O)Cc3ccccc3OC2(OC(C)=O)c2ccc(OC(C)=O)c(OC(C)=O)c2)cc1. The van der Waals surface area contributed by atoms with Crippen molar-refractivity contribution < 1.29 is 61.9 Å². The fraction of sp³-hybridized carbons (Fsp3) is 0.250. The molecule has 0 fully saturated rings. The number of hydrogen-bond donors (Lipinski definition) is 0. The third kappa shape index (κ3) is 7.09. The van der Waals surface area contributed by atoms with Gasteiger partial charge in [-0.3, -0.25) is 24.0 Å². The summed E-state index contributed by atoms with van der Waals surface area (Å²) in [7, 11) is 0. The molecule has 0 aromatic heterocycles. The van der Waals surface area contributed by atoms with E-state index in [1.165, 1.54) is 43.3 Å². The normalized spacial score (nSPS) is 18.2. The van der Waals surface area contributed by atoms with Crippen molar-refractivity contribution in [1.82, 2.24) is 0 Å². The van der Waals surface area contributed by atoms with Gasteiger partial charge in [0.2, 0.25) is 0 Å². The van der Waals surface area contributed by atoms with E-state index >= 15 is 0 Å². The minimum atomic E-state index is -2.55. The lowest BCUT2D eigenvalue weighted by Gasteiger charge is -2.49. The molecule has 0 saturated carbocycles. The van der Waals surface area contributed by atoms with Crippen LogP contribution in [0.25, 0.3) is 0 Å². The molecule has 0 amide bonds. The molecule has 1 aliphatic heterocycles. The van der Waals surface area contributed by atoms with E-state index < -0.39 is 47.4 Å². The number of carbonyl (C=O) groups excluding carboxylic acids is 6. The van der Waals surface area contributed by atoms with Crippen LogP contribution < -0.4 is 18.9 Å². The quantitative estimate of drug-likeness (QED) is 0.202. The number of carbonyl (C=O) groups is 6. The number of para-hydroxylation sites is 1. The minimum absolute atomic E-state index is 0.0566. The third-order valence-electron chi connectivity index (χ3n) is 6.19. The van der Waals surface area contributed by atoms with Gasteiger partial charge < -0.3 is 33.2 Å². The molecule has 234 valence electrons. The highest BCUT2D eigenvalue weighted by molar-refractivity contribution is 5.90. The summed E-state index contributed by atoms with van der Waals surface area (Å²) >= 11 is 0. The Hall–Kier alpha value is -5.72. The van der Waals surface area contributed by atoms with Crippen LogP contribution >= 0.6 is 0 Å². The summed E-state index contributed by atoms with van der Waals surface area (Å²) in [5.74, 6) is -10.2. The van der Waals surface area contributed by atoms with Crippen LogP contribution in [0.4, 0.5) is 0 Å². The van der Waals surface area contributed by atoms with Gasteiger partial charge in [-0.2, -0.15) is 0 Å². The fourth-order valence-electron chi connectivity index (χ4n) is 4.67. The Morgan fingerprint density at radius 3 is 1.82 bits per heavy atom. The van der Waals surface area contributed by atoms with Gasteiger partial charge >= 0.3 is 47.4 Å². The molecular formula is C32H28O13. The number of fused-ring (bicyclic) bond motifs is 1. The van der Waals surface area contributed by atoms with Crippen molar-refractivity contribution >= 4 is 35.8 Å². The molecular weight excluding hydrogens is 592 g/mol. The van der Waals surface area contributed by atoms with E-state index in [1.54, 1.807) is 24.3 Å². The smallest absolute Gasteiger partial charge is 0.360 e. The molecule has 0 spiro atoms. The van der Waals surface area contributed by atoms with Gasteiger partial charge in [0.15, 0.2) is 11.5 Å². The first-order valence-electron chi connectivity index (χ1n) is 13.4. The highest BCUT2D eigenvalue weighted by Crippen LogP contribution is 2.51. The monoisotopic (exact) mass is 620 g/mol. The summed E-state index contributed by atoms with van der Waals surface area (Å²) in [5.41, 5.74) is 0.230. The number of hydrogen-bond acceptors (Lipinski definition) is 13. The van der Waals surface area contributed by atoms with Crippen LogP contribution in [0.5, 0.6) is 23.0 Å². The molecule has 2 unspecified atom stereocenters. The van der Waals surface area contributed by atoms with Gasteiger partial charge in [0.05, 0.1) is 12.0 Å². The van der Waals surface area contributed by atoms with Crippen LogP contribution in [-0.4, -0.2) is 41.6 Å². The van der Waals surface area contributed by atoms with Crippen molar-refractivity contribution in [2.75, 3.05) is 0 Å². The maximum Gasteiger partial charge on any atom is 0.360 e. The van der Waals surface area contributed by atoms with Crippen molar-refractivity contribution in [3.8, 4) is 23.0 Å². The molecule has 13 nitrogen and oxygen atoms in total. The molecule has 1 heterocycles. The Balaban J connectivity index is 1.97. The van der Waals surface area contributed by atoms with Gasteiger partial charge in [0.1, 0.15) is 11.5 Å². The lowest BCUT2D eigenvalue weighted by molar-refractivity contribution is -0.360. The second-order valence-corrected chi connectivity index (χ2v) is 9.80. The first-order valence-corrected chi connectivity index (χ1v) is 13.4. The van der Waals surface area contributed by atoms with Crippen molar-refractivity contribution in [1.29, 1.82) is 0 Å². The second kappa shape index (κ2) is 12.9. The van der Waals surface area contributed by atoms with Crippen molar-refractivity contribution in [2.24, 2.45) is 0 Å². The van der Waals surface area contributed by atoms with E-state index in [0.717, 1.165) is 33.8 Å². The summed E-state index contributed by atoms with van der Waals surface area (Å²) < 4.78 is 39.3.